The second-order valence-corrected chi connectivity index (χ2v) is 14.4. The Morgan fingerprint density at radius 3 is 2.42 bits per heavy atom. The van der Waals surface area contributed by atoms with Gasteiger partial charge in [-0.15, -0.1) is 0 Å². The van der Waals surface area contributed by atoms with Gasteiger partial charge in [-0.05, 0) is 46.7 Å². The molecule has 0 aromatic heterocycles. The van der Waals surface area contributed by atoms with Crippen molar-refractivity contribution in [3.8, 4) is 5.75 Å². The summed E-state index contributed by atoms with van der Waals surface area (Å²) in [5, 5.41) is 2.28. The van der Waals surface area contributed by atoms with E-state index in [9.17, 15) is 9.59 Å². The van der Waals surface area contributed by atoms with Gasteiger partial charge in [0.05, 0.1) is 24.9 Å². The van der Waals surface area contributed by atoms with Crippen molar-refractivity contribution in [1.82, 2.24) is 19.6 Å². The number of benzene rings is 4. The van der Waals surface area contributed by atoms with E-state index in [4.69, 9.17) is 15.2 Å². The standard InChI is InChI=1S/C40H46N6O4/c1-42(2)35-15-13-33(31-10-6-7-11-32(31)35)36-23-30-25-44(24-29-12-14-34(41)37(22-29)50-26-28-8-4-3-5-9-28)27-40(30)38(47)45(39(48)46(36)40)17-16-43-18-20-49-21-19-43/h3-15,22,30,36H,16-21,23-27,41H2,1-2H3/t30-,36+,40?/m1/s1. The normalized spacial score (nSPS) is 23.9. The maximum atomic E-state index is 14.7. The predicted octanol–water partition coefficient (Wildman–Crippen LogP) is 4.98. The first-order chi connectivity index (χ1) is 24.3. The van der Waals surface area contributed by atoms with Crippen molar-refractivity contribution in [2.24, 2.45) is 5.92 Å². The van der Waals surface area contributed by atoms with Crippen LogP contribution in [0.25, 0.3) is 10.8 Å². The zero-order valence-electron chi connectivity index (χ0n) is 29.0. The number of anilines is 2. The number of imide groups is 1. The quantitative estimate of drug-likeness (QED) is 0.186. The molecule has 0 saturated carbocycles. The van der Waals surface area contributed by atoms with Crippen LogP contribution in [0, 0.1) is 5.92 Å². The van der Waals surface area contributed by atoms with E-state index in [1.165, 1.54) is 0 Å². The SMILES string of the molecule is CN(C)c1ccc([C@@H]2C[C@@H]3CN(Cc4ccc(N)c(OCc5ccccc5)c4)CC34C(=O)N(CCN3CCOCC3)C(=O)N24)c2ccccc12. The van der Waals surface area contributed by atoms with Crippen LogP contribution in [0.3, 0.4) is 0 Å². The minimum Gasteiger partial charge on any atom is -0.487 e. The topological polar surface area (TPSA) is 94.8 Å². The number of fused-ring (bicyclic) bond motifs is 1. The molecule has 1 spiro atoms. The van der Waals surface area contributed by atoms with Gasteiger partial charge in [-0.25, -0.2) is 4.79 Å². The number of nitrogen functional groups attached to an aromatic ring is 1. The molecule has 50 heavy (non-hydrogen) atoms. The lowest BCUT2D eigenvalue weighted by Crippen LogP contribution is -2.51. The molecule has 260 valence electrons. The first-order valence-electron chi connectivity index (χ1n) is 17.8. The molecular formula is C40H46N6O4. The fourth-order valence-electron chi connectivity index (χ4n) is 8.73. The maximum absolute atomic E-state index is 14.7. The Bertz CT molecular complexity index is 1900. The number of likely N-dealkylation sites (tertiary alicyclic amines) is 1. The van der Waals surface area contributed by atoms with Crippen molar-refractivity contribution in [2.75, 3.05) is 77.2 Å². The van der Waals surface area contributed by atoms with Gasteiger partial charge in [-0.2, -0.15) is 0 Å². The zero-order valence-corrected chi connectivity index (χ0v) is 29.0. The molecule has 4 saturated heterocycles. The van der Waals surface area contributed by atoms with Gasteiger partial charge in [0, 0.05) is 76.9 Å². The van der Waals surface area contributed by atoms with Gasteiger partial charge in [0.15, 0.2) is 0 Å². The number of morpholine rings is 1. The van der Waals surface area contributed by atoms with Crippen molar-refractivity contribution in [3.05, 3.63) is 102 Å². The number of hydrogen-bond donors (Lipinski definition) is 1. The Hall–Kier alpha value is -4.64. The third-order valence-corrected chi connectivity index (χ3v) is 11.2. The van der Waals surface area contributed by atoms with E-state index < -0.39 is 5.54 Å². The molecule has 8 rings (SSSR count). The van der Waals surface area contributed by atoms with Crippen LogP contribution in [0.2, 0.25) is 0 Å². The number of nitrogens with zero attached hydrogens (tertiary/aromatic N) is 5. The van der Waals surface area contributed by atoms with Crippen molar-refractivity contribution in [1.29, 1.82) is 0 Å². The van der Waals surface area contributed by atoms with E-state index in [0.29, 0.717) is 57.4 Å². The number of rotatable bonds is 10. The Morgan fingerprint density at radius 1 is 0.880 bits per heavy atom. The molecule has 3 amide bonds. The monoisotopic (exact) mass is 674 g/mol. The number of nitrogens with two attached hydrogens (primary N) is 1. The van der Waals surface area contributed by atoms with Crippen molar-refractivity contribution < 1.29 is 19.1 Å². The number of carbonyl (C=O) groups excluding carboxylic acids is 2. The molecule has 3 atom stereocenters. The van der Waals surface area contributed by atoms with Crippen molar-refractivity contribution in [3.63, 3.8) is 0 Å². The highest BCUT2D eigenvalue weighted by Crippen LogP contribution is 2.56. The molecule has 4 aliphatic heterocycles. The Labute approximate surface area is 293 Å². The minimum absolute atomic E-state index is 0.00667. The van der Waals surface area contributed by atoms with E-state index >= 15 is 0 Å². The largest absolute Gasteiger partial charge is 0.487 e. The molecule has 0 bridgehead atoms. The maximum Gasteiger partial charge on any atom is 0.328 e. The summed E-state index contributed by atoms with van der Waals surface area (Å²) in [5.74, 6) is 0.608. The van der Waals surface area contributed by atoms with Crippen molar-refractivity contribution in [2.45, 2.75) is 31.2 Å². The van der Waals surface area contributed by atoms with E-state index in [1.54, 1.807) is 4.90 Å². The van der Waals surface area contributed by atoms with Crippen molar-refractivity contribution >= 4 is 34.1 Å². The molecular weight excluding hydrogens is 628 g/mol. The molecule has 10 nitrogen and oxygen atoms in total. The van der Waals surface area contributed by atoms with Crippen LogP contribution in [0.4, 0.5) is 16.2 Å². The molecule has 4 aromatic carbocycles. The van der Waals surface area contributed by atoms with Gasteiger partial charge in [-0.1, -0.05) is 66.7 Å². The summed E-state index contributed by atoms with van der Waals surface area (Å²) < 4.78 is 11.7. The van der Waals surface area contributed by atoms with E-state index in [2.05, 4.69) is 65.2 Å². The number of hydrogen-bond acceptors (Lipinski definition) is 8. The average molecular weight is 675 g/mol. The zero-order chi connectivity index (χ0) is 34.4. The average Bonchev–Trinajstić information content (AvgIpc) is 3.71. The summed E-state index contributed by atoms with van der Waals surface area (Å²) in [5.41, 5.74) is 10.4. The van der Waals surface area contributed by atoms with Gasteiger partial charge in [0.2, 0.25) is 0 Å². The summed E-state index contributed by atoms with van der Waals surface area (Å²) >= 11 is 0. The molecule has 4 aliphatic rings. The highest BCUT2D eigenvalue weighted by molar-refractivity contribution is 6.09. The number of urea groups is 1. The highest BCUT2D eigenvalue weighted by Gasteiger charge is 2.70. The number of amides is 3. The second-order valence-electron chi connectivity index (χ2n) is 14.4. The van der Waals surface area contributed by atoms with E-state index in [1.807, 2.05) is 53.4 Å². The van der Waals surface area contributed by atoms with Crippen LogP contribution >= 0.6 is 0 Å². The smallest absolute Gasteiger partial charge is 0.328 e. The van der Waals surface area contributed by atoms with Crippen LogP contribution < -0.4 is 15.4 Å². The lowest BCUT2D eigenvalue weighted by atomic mass is 9.87. The van der Waals surface area contributed by atoms with Crippen LogP contribution in [0.15, 0.2) is 84.9 Å². The van der Waals surface area contributed by atoms with Gasteiger partial charge in [0.1, 0.15) is 17.9 Å². The lowest BCUT2D eigenvalue weighted by molar-refractivity contribution is -0.133. The summed E-state index contributed by atoms with van der Waals surface area (Å²) in [6.07, 6.45) is 0.740. The summed E-state index contributed by atoms with van der Waals surface area (Å²) in [6.45, 7) is 6.30. The molecule has 10 heteroatoms. The van der Waals surface area contributed by atoms with E-state index in [0.717, 1.165) is 59.2 Å². The van der Waals surface area contributed by atoms with Crippen LogP contribution in [-0.4, -0.2) is 104 Å². The Kier molecular flexibility index (Phi) is 8.62. The van der Waals surface area contributed by atoms with E-state index in [-0.39, 0.29) is 23.9 Å². The molecule has 1 unspecified atom stereocenters. The molecule has 4 aromatic rings. The Morgan fingerprint density at radius 2 is 1.64 bits per heavy atom. The van der Waals surface area contributed by atoms with Gasteiger partial charge in [-0.3, -0.25) is 19.5 Å². The van der Waals surface area contributed by atoms with Crippen LogP contribution in [0.5, 0.6) is 5.75 Å². The fourth-order valence-corrected chi connectivity index (χ4v) is 8.73. The highest BCUT2D eigenvalue weighted by atomic mass is 16.5. The molecule has 4 heterocycles. The minimum atomic E-state index is -0.908. The van der Waals surface area contributed by atoms with Crippen LogP contribution in [0.1, 0.15) is 29.2 Å². The molecule has 0 aliphatic carbocycles. The third kappa shape index (κ3) is 5.65. The third-order valence-electron chi connectivity index (χ3n) is 11.2. The Balaban J connectivity index is 1.09. The summed E-state index contributed by atoms with van der Waals surface area (Å²) in [7, 11) is 4.11. The van der Waals surface area contributed by atoms with Gasteiger partial charge in [0.25, 0.3) is 5.91 Å². The molecule has 2 N–H and O–H groups in total. The summed E-state index contributed by atoms with van der Waals surface area (Å²) in [4.78, 5) is 39.6. The number of carbonyl (C=O) groups is 2. The molecule has 4 fully saturated rings. The van der Waals surface area contributed by atoms with Gasteiger partial charge >= 0.3 is 6.03 Å². The first kappa shape index (κ1) is 32.6. The fraction of sp³-hybridized carbons (Fsp3) is 0.400. The predicted molar refractivity (Wildman–Crippen MR) is 195 cm³/mol. The number of ether oxygens (including phenoxy) is 2. The van der Waals surface area contributed by atoms with Crippen LogP contribution in [-0.2, 0) is 22.7 Å². The molecule has 0 radical (unpaired) electrons. The second kappa shape index (κ2) is 13.2. The summed E-state index contributed by atoms with van der Waals surface area (Å²) in [6, 6.07) is 28.4. The first-order valence-corrected chi connectivity index (χ1v) is 17.8. The van der Waals surface area contributed by atoms with Gasteiger partial charge < -0.3 is 25.0 Å². The lowest BCUT2D eigenvalue weighted by Gasteiger charge is -2.32.